The summed E-state index contributed by atoms with van der Waals surface area (Å²) in [5.74, 6) is 0.0717. The second kappa shape index (κ2) is 5.80. The molecule has 1 aromatic carbocycles. The van der Waals surface area contributed by atoms with E-state index in [-0.39, 0.29) is 23.9 Å². The maximum absolute atomic E-state index is 7.89. The van der Waals surface area contributed by atoms with Gasteiger partial charge in [0.2, 0.25) is 5.96 Å². The first-order chi connectivity index (χ1) is 8.81. The van der Waals surface area contributed by atoms with Crippen molar-refractivity contribution in [3.63, 3.8) is 0 Å². The lowest BCUT2D eigenvalue weighted by atomic mass is 10.2. The molecule has 0 saturated carbocycles. The molecule has 0 aromatic heterocycles. The van der Waals surface area contributed by atoms with Crippen molar-refractivity contribution in [3.05, 3.63) is 35.8 Å². The van der Waals surface area contributed by atoms with Crippen LogP contribution in [0.25, 0.3) is 0 Å². The maximum Gasteiger partial charge on any atom is 0.216 e. The molecule has 0 heterocycles. The van der Waals surface area contributed by atoms with Crippen molar-refractivity contribution >= 4 is 11.8 Å². The van der Waals surface area contributed by atoms with E-state index >= 15 is 0 Å². The van der Waals surface area contributed by atoms with Gasteiger partial charge in [-0.2, -0.15) is 0 Å². The van der Waals surface area contributed by atoms with E-state index in [4.69, 9.17) is 17.0 Å². The summed E-state index contributed by atoms with van der Waals surface area (Å²) in [6.45, 7) is 0.373. The highest BCUT2D eigenvalue weighted by molar-refractivity contribution is 5.93. The highest BCUT2D eigenvalue weighted by Gasteiger charge is 1.91. The smallest absolute Gasteiger partial charge is 0.216 e. The predicted octanol–water partition coefficient (Wildman–Crippen LogP) is 0.921. The van der Waals surface area contributed by atoms with Crippen LogP contribution in [-0.2, 0) is 6.40 Å². The van der Waals surface area contributed by atoms with Crippen molar-refractivity contribution in [1.82, 2.24) is 0 Å². The van der Waals surface area contributed by atoms with Crippen LogP contribution >= 0.6 is 0 Å². The number of benzene rings is 1. The van der Waals surface area contributed by atoms with E-state index in [2.05, 4.69) is 9.98 Å². The summed E-state index contributed by atoms with van der Waals surface area (Å²) in [5.41, 5.74) is 11.2. The molecule has 0 aliphatic rings. The minimum absolute atomic E-state index is 0.00900. The SMILES string of the molecule is [2H]c1ccc(C([2H])C([2H])N=C(N)N=C(C)N)cc1[2H]. The van der Waals surface area contributed by atoms with E-state index in [0.717, 1.165) is 0 Å². The number of hydrogen-bond donors (Lipinski definition) is 2. The largest absolute Gasteiger partial charge is 0.387 e. The van der Waals surface area contributed by atoms with E-state index in [0.29, 0.717) is 5.56 Å². The summed E-state index contributed by atoms with van der Waals surface area (Å²) in [5, 5.41) is 0. The molecule has 0 spiro atoms. The molecule has 80 valence electrons. The van der Waals surface area contributed by atoms with Crippen LogP contribution in [0.15, 0.2) is 40.3 Å². The highest BCUT2D eigenvalue weighted by atomic mass is 15.1. The van der Waals surface area contributed by atoms with Gasteiger partial charge in [0, 0.05) is 7.89 Å². The molecule has 15 heavy (non-hydrogen) atoms. The highest BCUT2D eigenvalue weighted by Crippen LogP contribution is 1.99. The number of amidine groups is 1. The third kappa shape index (κ3) is 4.81. The third-order valence-electron chi connectivity index (χ3n) is 1.45. The number of aryl methyl sites for hydroxylation is 1. The Morgan fingerprint density at radius 1 is 1.47 bits per heavy atom. The zero-order chi connectivity index (χ0) is 14.6. The van der Waals surface area contributed by atoms with Gasteiger partial charge in [-0.05, 0) is 18.9 Å². The molecule has 0 radical (unpaired) electrons. The van der Waals surface area contributed by atoms with Crippen LogP contribution in [0.3, 0.4) is 0 Å². The zero-order valence-electron chi connectivity index (χ0n) is 12.4. The Morgan fingerprint density at radius 3 is 2.93 bits per heavy atom. The van der Waals surface area contributed by atoms with Gasteiger partial charge in [-0.15, -0.1) is 0 Å². The van der Waals surface area contributed by atoms with Crippen LogP contribution in [0.1, 0.15) is 18.0 Å². The fourth-order valence-corrected chi connectivity index (χ4v) is 0.872. The Labute approximate surface area is 95.3 Å². The van der Waals surface area contributed by atoms with Gasteiger partial charge in [-0.1, -0.05) is 30.3 Å². The monoisotopic (exact) mass is 208 g/mol. The van der Waals surface area contributed by atoms with E-state index in [1.807, 2.05) is 0 Å². The topological polar surface area (TPSA) is 76.8 Å². The molecule has 0 aliphatic carbocycles. The van der Waals surface area contributed by atoms with Crippen molar-refractivity contribution in [2.24, 2.45) is 21.5 Å². The lowest BCUT2D eigenvalue weighted by Crippen LogP contribution is -2.16. The summed E-state index contributed by atoms with van der Waals surface area (Å²) in [4.78, 5) is 7.42. The van der Waals surface area contributed by atoms with Crippen molar-refractivity contribution in [1.29, 1.82) is 0 Å². The van der Waals surface area contributed by atoms with Gasteiger partial charge in [0.25, 0.3) is 0 Å². The van der Waals surface area contributed by atoms with Gasteiger partial charge in [-0.3, -0.25) is 4.99 Å². The second-order valence-electron chi connectivity index (χ2n) is 2.82. The summed E-state index contributed by atoms with van der Waals surface area (Å²) in [6.07, 6.45) is -1.00. The first kappa shape index (κ1) is 6.61. The van der Waals surface area contributed by atoms with Gasteiger partial charge in [-0.25, -0.2) is 4.99 Å². The van der Waals surface area contributed by atoms with Crippen LogP contribution in [0, 0.1) is 0 Å². The molecule has 4 N–H and O–H groups in total. The number of aliphatic imine (C=N–C) groups is 2. The zero-order valence-corrected chi connectivity index (χ0v) is 8.44. The number of nitrogens with two attached hydrogens (primary N) is 2. The van der Waals surface area contributed by atoms with Gasteiger partial charge >= 0.3 is 0 Å². The normalized spacial score (nSPS) is 20.9. The van der Waals surface area contributed by atoms with Crippen LogP contribution in [-0.4, -0.2) is 18.3 Å². The summed E-state index contributed by atoms with van der Waals surface area (Å²) >= 11 is 0. The summed E-state index contributed by atoms with van der Waals surface area (Å²) in [6, 6.07) is 4.41. The lowest BCUT2D eigenvalue weighted by molar-refractivity contribution is 0.962. The average molecular weight is 208 g/mol. The van der Waals surface area contributed by atoms with Gasteiger partial charge in [0.1, 0.15) is 0 Å². The Morgan fingerprint density at radius 2 is 2.27 bits per heavy atom. The van der Waals surface area contributed by atoms with E-state index < -0.39 is 12.9 Å². The fourth-order valence-electron chi connectivity index (χ4n) is 0.872. The molecule has 1 rings (SSSR count). The standard InChI is InChI=1S/C11H16N4/c1-9(12)15-11(13)14-8-7-10-5-3-2-4-6-10/h2-6H,7-8H2,1H3,(H4,12,13,14,15)/i2D,3D,7D,8D. The van der Waals surface area contributed by atoms with Crippen LogP contribution in [0.5, 0.6) is 0 Å². The minimum atomic E-state index is -1.17. The van der Waals surface area contributed by atoms with E-state index in [1.165, 1.54) is 18.2 Å². The molecule has 2 unspecified atom stereocenters. The van der Waals surface area contributed by atoms with Gasteiger partial charge in [0.15, 0.2) is 0 Å². The Kier molecular flexibility index (Phi) is 2.55. The van der Waals surface area contributed by atoms with Gasteiger partial charge in [0.05, 0.1) is 9.95 Å². The Bertz CT molecular complexity index is 511. The van der Waals surface area contributed by atoms with Crippen molar-refractivity contribution in [2.75, 3.05) is 6.52 Å². The van der Waals surface area contributed by atoms with Crippen LogP contribution < -0.4 is 11.5 Å². The Hall–Kier alpha value is -1.84. The van der Waals surface area contributed by atoms with Gasteiger partial charge < -0.3 is 11.5 Å². The molecule has 0 aliphatic heterocycles. The lowest BCUT2D eigenvalue weighted by Gasteiger charge is -1.97. The number of guanidine groups is 1. The molecular weight excluding hydrogens is 188 g/mol. The molecule has 0 bridgehead atoms. The quantitative estimate of drug-likeness (QED) is 0.572. The van der Waals surface area contributed by atoms with Crippen LogP contribution in [0.4, 0.5) is 0 Å². The first-order valence-corrected chi connectivity index (χ1v) is 4.37. The van der Waals surface area contributed by atoms with Crippen molar-refractivity contribution in [3.8, 4) is 0 Å². The fraction of sp³-hybridized carbons (Fsp3) is 0.273. The molecule has 0 amide bonds. The van der Waals surface area contributed by atoms with E-state index in [1.54, 1.807) is 6.92 Å². The molecule has 1 aromatic rings. The molecule has 4 nitrogen and oxygen atoms in total. The number of hydrogen-bond acceptors (Lipinski definition) is 1. The second-order valence-corrected chi connectivity index (χ2v) is 2.82. The van der Waals surface area contributed by atoms with Crippen molar-refractivity contribution < 1.29 is 5.48 Å². The van der Waals surface area contributed by atoms with E-state index in [9.17, 15) is 0 Å². The summed E-state index contributed by atoms with van der Waals surface area (Å²) in [7, 11) is 0. The number of rotatable bonds is 3. The molecule has 4 heteroatoms. The third-order valence-corrected chi connectivity index (χ3v) is 1.45. The average Bonchev–Trinajstić information content (AvgIpc) is 2.30. The molecule has 2 atom stereocenters. The van der Waals surface area contributed by atoms with Crippen molar-refractivity contribution in [2.45, 2.75) is 13.3 Å². The van der Waals surface area contributed by atoms with Crippen LogP contribution in [0.2, 0.25) is 0 Å². The number of nitrogens with zero attached hydrogens (tertiary/aromatic N) is 2. The maximum atomic E-state index is 7.89. The predicted molar refractivity (Wildman–Crippen MR) is 63.9 cm³/mol. The molecule has 0 fully saturated rings. The minimum Gasteiger partial charge on any atom is -0.387 e. The first-order valence-electron chi connectivity index (χ1n) is 6.52. The Balaban J connectivity index is 2.90. The summed E-state index contributed by atoms with van der Waals surface area (Å²) < 4.78 is 30.5. The molecular formula is C11H16N4. The molecule has 0 saturated heterocycles.